The van der Waals surface area contributed by atoms with Crippen LogP contribution in [0.1, 0.15) is 25.3 Å². The summed E-state index contributed by atoms with van der Waals surface area (Å²) in [6, 6.07) is 6.98. The van der Waals surface area contributed by atoms with Gasteiger partial charge in [0, 0.05) is 12.1 Å². The van der Waals surface area contributed by atoms with Crippen molar-refractivity contribution in [1.29, 1.82) is 0 Å². The fourth-order valence-electron chi connectivity index (χ4n) is 2.25. The number of nitrogens with zero attached hydrogens (tertiary/aromatic N) is 1. The SMILES string of the molecule is CC1(c2ccc([N+](=O)[O-])cc2)CCNCC1. The third kappa shape index (κ3) is 2.07. The topological polar surface area (TPSA) is 55.2 Å². The van der Waals surface area contributed by atoms with E-state index in [1.54, 1.807) is 12.1 Å². The van der Waals surface area contributed by atoms with Crippen LogP contribution in [0.25, 0.3) is 0 Å². The molecule has 1 aromatic carbocycles. The van der Waals surface area contributed by atoms with Gasteiger partial charge in [0.05, 0.1) is 4.92 Å². The zero-order valence-corrected chi connectivity index (χ0v) is 9.40. The largest absolute Gasteiger partial charge is 0.317 e. The Hall–Kier alpha value is -1.42. The summed E-state index contributed by atoms with van der Waals surface area (Å²) in [5, 5.41) is 13.9. The van der Waals surface area contributed by atoms with Gasteiger partial charge >= 0.3 is 0 Å². The minimum absolute atomic E-state index is 0.167. The first-order valence-corrected chi connectivity index (χ1v) is 5.57. The van der Waals surface area contributed by atoms with E-state index in [0.717, 1.165) is 25.9 Å². The molecule has 16 heavy (non-hydrogen) atoms. The standard InChI is InChI=1S/C12H16N2O2/c1-12(6-8-13-9-7-12)10-2-4-11(5-3-10)14(15)16/h2-5,13H,6-9H2,1H3. The van der Waals surface area contributed by atoms with Crippen LogP contribution in [0.3, 0.4) is 0 Å². The molecule has 4 nitrogen and oxygen atoms in total. The van der Waals surface area contributed by atoms with Crippen LogP contribution in [0.5, 0.6) is 0 Å². The Morgan fingerprint density at radius 2 is 1.81 bits per heavy atom. The van der Waals surface area contributed by atoms with Crippen LogP contribution in [0.15, 0.2) is 24.3 Å². The Morgan fingerprint density at radius 1 is 1.25 bits per heavy atom. The molecule has 1 aliphatic heterocycles. The van der Waals surface area contributed by atoms with Gasteiger partial charge < -0.3 is 5.32 Å². The lowest BCUT2D eigenvalue weighted by Gasteiger charge is -2.34. The van der Waals surface area contributed by atoms with Crippen molar-refractivity contribution in [2.45, 2.75) is 25.2 Å². The summed E-state index contributed by atoms with van der Waals surface area (Å²) in [6.07, 6.45) is 2.18. The first-order valence-electron chi connectivity index (χ1n) is 5.57. The molecule has 0 spiro atoms. The molecule has 0 atom stereocenters. The van der Waals surface area contributed by atoms with E-state index in [9.17, 15) is 10.1 Å². The summed E-state index contributed by atoms with van der Waals surface area (Å²) in [4.78, 5) is 10.2. The predicted octanol–water partition coefficient (Wildman–Crippen LogP) is 2.24. The van der Waals surface area contributed by atoms with Crippen LogP contribution in [0.4, 0.5) is 5.69 Å². The fourth-order valence-corrected chi connectivity index (χ4v) is 2.25. The van der Waals surface area contributed by atoms with Gasteiger partial charge in [-0.1, -0.05) is 19.1 Å². The number of benzene rings is 1. The van der Waals surface area contributed by atoms with Gasteiger partial charge in [-0.15, -0.1) is 0 Å². The molecule has 0 radical (unpaired) electrons. The zero-order chi connectivity index (χ0) is 11.6. The Balaban J connectivity index is 2.23. The van der Waals surface area contributed by atoms with Crippen molar-refractivity contribution in [3.63, 3.8) is 0 Å². The average molecular weight is 220 g/mol. The Labute approximate surface area is 94.8 Å². The number of nitro groups is 1. The Morgan fingerprint density at radius 3 is 2.31 bits per heavy atom. The number of nitro benzene ring substituents is 1. The molecule has 1 fully saturated rings. The van der Waals surface area contributed by atoms with Crippen molar-refractivity contribution < 1.29 is 4.92 Å². The molecule has 0 aliphatic carbocycles. The quantitative estimate of drug-likeness (QED) is 0.614. The highest BCUT2D eigenvalue weighted by Crippen LogP contribution is 2.33. The van der Waals surface area contributed by atoms with Crippen molar-refractivity contribution in [2.24, 2.45) is 0 Å². The number of piperidine rings is 1. The van der Waals surface area contributed by atoms with Gasteiger partial charge in [0.15, 0.2) is 0 Å². The number of non-ortho nitro benzene ring substituents is 1. The maximum Gasteiger partial charge on any atom is 0.269 e. The van der Waals surface area contributed by atoms with Gasteiger partial charge in [0.25, 0.3) is 5.69 Å². The maximum atomic E-state index is 10.6. The van der Waals surface area contributed by atoms with Crippen LogP contribution in [0, 0.1) is 10.1 Å². The van der Waals surface area contributed by atoms with Crippen molar-refractivity contribution in [3.05, 3.63) is 39.9 Å². The molecule has 4 heteroatoms. The monoisotopic (exact) mass is 220 g/mol. The van der Waals surface area contributed by atoms with Crippen LogP contribution < -0.4 is 5.32 Å². The summed E-state index contributed by atoms with van der Waals surface area (Å²) in [6.45, 7) is 4.27. The van der Waals surface area contributed by atoms with Gasteiger partial charge in [-0.05, 0) is 36.9 Å². The molecule has 0 unspecified atom stereocenters. The van der Waals surface area contributed by atoms with Gasteiger partial charge in [-0.2, -0.15) is 0 Å². The minimum atomic E-state index is -0.353. The highest BCUT2D eigenvalue weighted by Gasteiger charge is 2.28. The van der Waals surface area contributed by atoms with Crippen LogP contribution in [-0.4, -0.2) is 18.0 Å². The smallest absolute Gasteiger partial charge is 0.269 e. The third-order valence-electron chi connectivity index (χ3n) is 3.48. The lowest BCUT2D eigenvalue weighted by atomic mass is 9.75. The van der Waals surface area contributed by atoms with Gasteiger partial charge in [0.2, 0.25) is 0 Å². The molecule has 0 bridgehead atoms. The van der Waals surface area contributed by atoms with E-state index in [-0.39, 0.29) is 16.0 Å². The summed E-state index contributed by atoms with van der Waals surface area (Å²) in [5.41, 5.74) is 1.54. The molecule has 2 rings (SSSR count). The van der Waals surface area contributed by atoms with Gasteiger partial charge in [-0.25, -0.2) is 0 Å². The molecular formula is C12H16N2O2. The Bertz CT molecular complexity index is 381. The molecule has 0 saturated carbocycles. The molecule has 1 N–H and O–H groups in total. The second-order valence-electron chi connectivity index (χ2n) is 4.61. The zero-order valence-electron chi connectivity index (χ0n) is 9.40. The van der Waals surface area contributed by atoms with Crippen molar-refractivity contribution in [1.82, 2.24) is 5.32 Å². The summed E-state index contributed by atoms with van der Waals surface area (Å²) < 4.78 is 0. The number of hydrogen-bond donors (Lipinski definition) is 1. The highest BCUT2D eigenvalue weighted by molar-refractivity contribution is 5.36. The highest BCUT2D eigenvalue weighted by atomic mass is 16.6. The van der Waals surface area contributed by atoms with Crippen molar-refractivity contribution in [3.8, 4) is 0 Å². The molecule has 1 saturated heterocycles. The van der Waals surface area contributed by atoms with E-state index in [1.165, 1.54) is 5.56 Å². The molecule has 86 valence electrons. The Kier molecular flexibility index (Phi) is 2.92. The van der Waals surface area contributed by atoms with E-state index < -0.39 is 0 Å². The first kappa shape index (κ1) is 11.1. The summed E-state index contributed by atoms with van der Waals surface area (Å²) in [5.74, 6) is 0. The number of rotatable bonds is 2. The van der Waals surface area contributed by atoms with Crippen LogP contribution in [0.2, 0.25) is 0 Å². The molecule has 0 aromatic heterocycles. The normalized spacial score (nSPS) is 19.3. The van der Waals surface area contributed by atoms with E-state index in [2.05, 4.69) is 12.2 Å². The maximum absolute atomic E-state index is 10.6. The van der Waals surface area contributed by atoms with E-state index >= 15 is 0 Å². The van der Waals surface area contributed by atoms with E-state index in [1.807, 2.05) is 12.1 Å². The minimum Gasteiger partial charge on any atom is -0.317 e. The lowest BCUT2D eigenvalue weighted by Crippen LogP contribution is -2.37. The van der Waals surface area contributed by atoms with E-state index in [0.29, 0.717) is 0 Å². The van der Waals surface area contributed by atoms with Crippen LogP contribution in [-0.2, 0) is 5.41 Å². The molecule has 1 heterocycles. The third-order valence-corrected chi connectivity index (χ3v) is 3.48. The van der Waals surface area contributed by atoms with Gasteiger partial charge in [-0.3, -0.25) is 10.1 Å². The van der Waals surface area contributed by atoms with Gasteiger partial charge in [0.1, 0.15) is 0 Å². The molecule has 1 aliphatic rings. The second kappa shape index (κ2) is 4.22. The predicted molar refractivity (Wildman–Crippen MR) is 62.6 cm³/mol. The summed E-state index contributed by atoms with van der Waals surface area (Å²) in [7, 11) is 0. The first-order chi connectivity index (χ1) is 7.62. The molecule has 0 amide bonds. The fraction of sp³-hybridized carbons (Fsp3) is 0.500. The van der Waals surface area contributed by atoms with Crippen LogP contribution >= 0.6 is 0 Å². The van der Waals surface area contributed by atoms with Crippen molar-refractivity contribution in [2.75, 3.05) is 13.1 Å². The van der Waals surface area contributed by atoms with Crippen molar-refractivity contribution >= 4 is 5.69 Å². The number of hydrogen-bond acceptors (Lipinski definition) is 3. The average Bonchev–Trinajstić information content (AvgIpc) is 2.30. The van der Waals surface area contributed by atoms with E-state index in [4.69, 9.17) is 0 Å². The second-order valence-corrected chi connectivity index (χ2v) is 4.61. The molecular weight excluding hydrogens is 204 g/mol. The summed E-state index contributed by atoms with van der Waals surface area (Å²) >= 11 is 0. The lowest BCUT2D eigenvalue weighted by molar-refractivity contribution is -0.384. The molecule has 1 aromatic rings. The number of nitrogens with one attached hydrogen (secondary N) is 1.